The number of rotatable bonds is 4. The molecule has 0 aromatic heterocycles. The van der Waals surface area contributed by atoms with Gasteiger partial charge in [-0.3, -0.25) is 0 Å². The van der Waals surface area contributed by atoms with E-state index in [1.807, 2.05) is 0 Å². The van der Waals surface area contributed by atoms with Crippen LogP contribution in [0, 0.1) is 0 Å². The van der Waals surface area contributed by atoms with Crippen molar-refractivity contribution in [3.05, 3.63) is 28.2 Å². The minimum atomic E-state index is 0.403. The molecule has 0 aliphatic carbocycles. The zero-order chi connectivity index (χ0) is 14.5. The van der Waals surface area contributed by atoms with E-state index >= 15 is 0 Å². The third kappa shape index (κ3) is 3.96. The molecule has 1 heterocycles. The van der Waals surface area contributed by atoms with E-state index in [1.54, 1.807) is 0 Å². The Balaban J connectivity index is 2.12. The summed E-state index contributed by atoms with van der Waals surface area (Å²) in [4.78, 5) is 4.91. The standard InChI is InChI=1S/C16H26BrN3/c1-4-18-13(2)14-6-7-16(15(17)12-14)20-9-5-8-19(3)10-11-20/h6-7,12-13,18H,4-5,8-11H2,1-3H3. The van der Waals surface area contributed by atoms with Gasteiger partial charge in [-0.1, -0.05) is 13.0 Å². The van der Waals surface area contributed by atoms with Gasteiger partial charge in [0.1, 0.15) is 0 Å². The summed E-state index contributed by atoms with van der Waals surface area (Å²) in [6.07, 6.45) is 1.23. The van der Waals surface area contributed by atoms with Crippen LogP contribution in [0.25, 0.3) is 0 Å². The number of hydrogen-bond donors (Lipinski definition) is 1. The van der Waals surface area contributed by atoms with Crippen molar-refractivity contribution in [2.24, 2.45) is 0 Å². The predicted octanol–water partition coefficient (Wildman–Crippen LogP) is 3.26. The summed E-state index contributed by atoms with van der Waals surface area (Å²) < 4.78 is 1.21. The van der Waals surface area contributed by atoms with Crippen molar-refractivity contribution in [1.82, 2.24) is 10.2 Å². The maximum absolute atomic E-state index is 3.76. The lowest BCUT2D eigenvalue weighted by Gasteiger charge is -2.25. The number of hydrogen-bond acceptors (Lipinski definition) is 3. The topological polar surface area (TPSA) is 18.5 Å². The zero-order valence-corrected chi connectivity index (χ0v) is 14.4. The summed E-state index contributed by atoms with van der Waals surface area (Å²) in [7, 11) is 2.21. The molecule has 0 bridgehead atoms. The van der Waals surface area contributed by atoms with Crippen molar-refractivity contribution in [1.29, 1.82) is 0 Å². The molecule has 0 saturated carbocycles. The fraction of sp³-hybridized carbons (Fsp3) is 0.625. The van der Waals surface area contributed by atoms with Crippen molar-refractivity contribution in [2.75, 3.05) is 44.7 Å². The van der Waals surface area contributed by atoms with E-state index in [-0.39, 0.29) is 0 Å². The van der Waals surface area contributed by atoms with Crippen molar-refractivity contribution in [3.63, 3.8) is 0 Å². The van der Waals surface area contributed by atoms with Crippen molar-refractivity contribution in [2.45, 2.75) is 26.3 Å². The first kappa shape index (κ1) is 15.8. The van der Waals surface area contributed by atoms with Gasteiger partial charge in [0, 0.05) is 30.1 Å². The fourth-order valence-corrected chi connectivity index (χ4v) is 3.41. The Morgan fingerprint density at radius 3 is 2.75 bits per heavy atom. The van der Waals surface area contributed by atoms with Gasteiger partial charge in [0.25, 0.3) is 0 Å². The lowest BCUT2D eigenvalue weighted by Crippen LogP contribution is -2.29. The van der Waals surface area contributed by atoms with Crippen LogP contribution in [0.15, 0.2) is 22.7 Å². The Kier molecular flexibility index (Phi) is 5.87. The third-order valence-electron chi connectivity index (χ3n) is 4.04. The average Bonchev–Trinajstić information content (AvgIpc) is 2.64. The highest BCUT2D eigenvalue weighted by Crippen LogP contribution is 2.30. The van der Waals surface area contributed by atoms with Crippen LogP contribution >= 0.6 is 15.9 Å². The molecule has 0 radical (unpaired) electrons. The second kappa shape index (κ2) is 7.43. The summed E-state index contributed by atoms with van der Waals surface area (Å²) in [5.41, 5.74) is 2.67. The molecule has 1 aromatic rings. The fourth-order valence-electron chi connectivity index (χ4n) is 2.76. The lowest BCUT2D eigenvalue weighted by molar-refractivity contribution is 0.360. The summed E-state index contributed by atoms with van der Waals surface area (Å²) in [6, 6.07) is 7.18. The van der Waals surface area contributed by atoms with E-state index in [0.29, 0.717) is 6.04 Å². The van der Waals surface area contributed by atoms with E-state index < -0.39 is 0 Å². The summed E-state index contributed by atoms with van der Waals surface area (Å²) in [5, 5.41) is 3.46. The van der Waals surface area contributed by atoms with Crippen molar-refractivity contribution in [3.8, 4) is 0 Å². The quantitative estimate of drug-likeness (QED) is 0.908. The van der Waals surface area contributed by atoms with Gasteiger partial charge in [-0.15, -0.1) is 0 Å². The van der Waals surface area contributed by atoms with Crippen LogP contribution in [0.5, 0.6) is 0 Å². The van der Waals surface area contributed by atoms with Crippen LogP contribution in [-0.4, -0.2) is 44.7 Å². The Labute approximate surface area is 131 Å². The maximum Gasteiger partial charge on any atom is 0.0511 e. The predicted molar refractivity (Wildman–Crippen MR) is 90.6 cm³/mol. The number of nitrogens with zero attached hydrogens (tertiary/aromatic N) is 2. The smallest absolute Gasteiger partial charge is 0.0511 e. The first-order valence-corrected chi connectivity index (χ1v) is 8.37. The molecule has 20 heavy (non-hydrogen) atoms. The second-order valence-corrected chi connectivity index (χ2v) is 6.49. The number of anilines is 1. The Hall–Kier alpha value is -0.580. The lowest BCUT2D eigenvalue weighted by atomic mass is 10.1. The molecule has 1 atom stereocenters. The molecule has 4 heteroatoms. The molecule has 0 amide bonds. The van der Waals surface area contributed by atoms with E-state index in [4.69, 9.17) is 0 Å². The molecule has 1 saturated heterocycles. The van der Waals surface area contributed by atoms with Crippen LogP contribution in [0.1, 0.15) is 31.9 Å². The molecular weight excluding hydrogens is 314 g/mol. The molecule has 3 nitrogen and oxygen atoms in total. The van der Waals surface area contributed by atoms with E-state index in [1.165, 1.54) is 28.7 Å². The van der Waals surface area contributed by atoms with Gasteiger partial charge >= 0.3 is 0 Å². The summed E-state index contributed by atoms with van der Waals surface area (Å²) in [6.45, 7) is 9.95. The highest BCUT2D eigenvalue weighted by molar-refractivity contribution is 9.10. The highest BCUT2D eigenvalue weighted by Gasteiger charge is 2.15. The number of halogens is 1. The van der Waals surface area contributed by atoms with Gasteiger partial charge in [0.15, 0.2) is 0 Å². The van der Waals surface area contributed by atoms with E-state index in [2.05, 4.69) is 70.1 Å². The monoisotopic (exact) mass is 339 g/mol. The largest absolute Gasteiger partial charge is 0.369 e. The summed E-state index contributed by atoms with van der Waals surface area (Å²) >= 11 is 3.76. The van der Waals surface area contributed by atoms with Crippen LogP contribution in [0.2, 0.25) is 0 Å². The number of nitrogens with one attached hydrogen (secondary N) is 1. The Morgan fingerprint density at radius 1 is 1.25 bits per heavy atom. The van der Waals surface area contributed by atoms with Crippen molar-refractivity contribution < 1.29 is 0 Å². The van der Waals surface area contributed by atoms with Gasteiger partial charge in [-0.05, 0) is 67.1 Å². The van der Waals surface area contributed by atoms with Gasteiger partial charge in [0.05, 0.1) is 5.69 Å². The molecule has 1 aliphatic rings. The highest BCUT2D eigenvalue weighted by atomic mass is 79.9. The molecule has 1 aromatic carbocycles. The maximum atomic E-state index is 3.76. The van der Waals surface area contributed by atoms with Crippen LogP contribution < -0.4 is 10.2 Å². The normalized spacial score (nSPS) is 18.9. The molecule has 2 rings (SSSR count). The minimum Gasteiger partial charge on any atom is -0.369 e. The first-order chi connectivity index (χ1) is 9.61. The van der Waals surface area contributed by atoms with Crippen LogP contribution in [0.3, 0.4) is 0 Å². The van der Waals surface area contributed by atoms with Crippen molar-refractivity contribution >= 4 is 21.6 Å². The number of likely N-dealkylation sites (N-methyl/N-ethyl adjacent to an activating group) is 1. The molecule has 1 unspecified atom stereocenters. The van der Waals surface area contributed by atoms with Gasteiger partial charge < -0.3 is 15.1 Å². The average molecular weight is 340 g/mol. The molecular formula is C16H26BrN3. The number of benzene rings is 1. The molecule has 0 spiro atoms. The Bertz CT molecular complexity index is 436. The first-order valence-electron chi connectivity index (χ1n) is 7.58. The van der Waals surface area contributed by atoms with Gasteiger partial charge in [-0.25, -0.2) is 0 Å². The zero-order valence-electron chi connectivity index (χ0n) is 12.8. The SMILES string of the molecule is CCNC(C)c1ccc(N2CCCN(C)CC2)c(Br)c1. The van der Waals surface area contributed by atoms with E-state index in [0.717, 1.165) is 26.2 Å². The van der Waals surface area contributed by atoms with E-state index in [9.17, 15) is 0 Å². The van der Waals surface area contributed by atoms with Crippen LogP contribution in [-0.2, 0) is 0 Å². The molecule has 112 valence electrons. The van der Waals surface area contributed by atoms with Crippen LogP contribution in [0.4, 0.5) is 5.69 Å². The molecule has 1 aliphatic heterocycles. The minimum absolute atomic E-state index is 0.403. The Morgan fingerprint density at radius 2 is 2.05 bits per heavy atom. The molecule has 1 N–H and O–H groups in total. The third-order valence-corrected chi connectivity index (χ3v) is 4.68. The molecule has 1 fully saturated rings. The summed E-state index contributed by atoms with van der Waals surface area (Å²) in [5.74, 6) is 0. The van der Waals surface area contributed by atoms with Gasteiger partial charge in [-0.2, -0.15) is 0 Å². The second-order valence-electron chi connectivity index (χ2n) is 5.63. The van der Waals surface area contributed by atoms with Gasteiger partial charge in [0.2, 0.25) is 0 Å².